The lowest BCUT2D eigenvalue weighted by atomic mass is 10.1. The first-order chi connectivity index (χ1) is 12.3. The Kier molecular flexibility index (Phi) is 5.27. The molecule has 3 nitrogen and oxygen atoms in total. The van der Waals surface area contributed by atoms with E-state index in [0.717, 1.165) is 12.1 Å². The van der Waals surface area contributed by atoms with E-state index in [1.807, 2.05) is 4.90 Å². The molecule has 1 aliphatic heterocycles. The fourth-order valence-corrected chi connectivity index (χ4v) is 2.99. The van der Waals surface area contributed by atoms with Gasteiger partial charge in [-0.15, -0.1) is 0 Å². The zero-order chi connectivity index (χ0) is 18.7. The number of piperazine rings is 1. The molecule has 0 radical (unpaired) electrons. The minimum absolute atomic E-state index is 0.0300. The highest BCUT2D eigenvalue weighted by molar-refractivity contribution is 5.94. The first-order valence-corrected chi connectivity index (χ1v) is 8.27. The van der Waals surface area contributed by atoms with Crippen LogP contribution in [0.1, 0.15) is 21.5 Å². The summed E-state index contributed by atoms with van der Waals surface area (Å²) >= 11 is 0. The lowest BCUT2D eigenvalue weighted by molar-refractivity contribution is -0.137. The van der Waals surface area contributed by atoms with Crippen LogP contribution in [0.15, 0.2) is 48.5 Å². The molecular weight excluding hydrogens is 348 g/mol. The van der Waals surface area contributed by atoms with Crippen molar-refractivity contribution in [3.8, 4) is 0 Å². The average Bonchev–Trinajstić information content (AvgIpc) is 2.63. The Balaban J connectivity index is 1.61. The highest BCUT2D eigenvalue weighted by Crippen LogP contribution is 2.29. The fourth-order valence-electron chi connectivity index (χ4n) is 2.99. The van der Waals surface area contributed by atoms with E-state index in [1.54, 1.807) is 18.2 Å². The van der Waals surface area contributed by atoms with Crippen LogP contribution in [0, 0.1) is 5.82 Å². The maximum Gasteiger partial charge on any atom is 0.416 e. The van der Waals surface area contributed by atoms with Crippen molar-refractivity contribution in [2.45, 2.75) is 12.7 Å². The van der Waals surface area contributed by atoms with Gasteiger partial charge in [-0.05, 0) is 24.3 Å². The molecule has 1 aliphatic rings. The van der Waals surface area contributed by atoms with Gasteiger partial charge in [0.15, 0.2) is 0 Å². The number of hydrogen-bond donors (Lipinski definition) is 0. The third-order valence-corrected chi connectivity index (χ3v) is 4.45. The molecule has 1 saturated heterocycles. The van der Waals surface area contributed by atoms with E-state index in [-0.39, 0.29) is 11.4 Å². The molecule has 0 aliphatic carbocycles. The van der Waals surface area contributed by atoms with Crippen LogP contribution in [0.3, 0.4) is 0 Å². The molecule has 0 bridgehead atoms. The third kappa shape index (κ3) is 4.22. The molecule has 0 saturated carbocycles. The second-order valence-electron chi connectivity index (χ2n) is 6.24. The van der Waals surface area contributed by atoms with Gasteiger partial charge in [0.25, 0.3) is 5.91 Å². The van der Waals surface area contributed by atoms with Crippen LogP contribution in [0.4, 0.5) is 17.6 Å². The van der Waals surface area contributed by atoms with Crippen LogP contribution >= 0.6 is 0 Å². The fraction of sp³-hybridized carbons (Fsp3) is 0.316. The van der Waals surface area contributed by atoms with Crippen LogP contribution < -0.4 is 0 Å². The number of benzene rings is 2. The van der Waals surface area contributed by atoms with E-state index in [4.69, 9.17) is 0 Å². The smallest absolute Gasteiger partial charge is 0.336 e. The molecule has 7 heteroatoms. The first-order valence-electron chi connectivity index (χ1n) is 8.27. The van der Waals surface area contributed by atoms with E-state index in [0.29, 0.717) is 38.3 Å². The normalized spacial score (nSPS) is 15.9. The van der Waals surface area contributed by atoms with Gasteiger partial charge in [-0.1, -0.05) is 24.3 Å². The molecule has 1 heterocycles. The van der Waals surface area contributed by atoms with Crippen molar-refractivity contribution in [1.29, 1.82) is 0 Å². The second kappa shape index (κ2) is 7.45. The molecule has 26 heavy (non-hydrogen) atoms. The minimum atomic E-state index is -4.48. The summed E-state index contributed by atoms with van der Waals surface area (Å²) in [5.41, 5.74) is -0.214. The van der Waals surface area contributed by atoms with Gasteiger partial charge in [0.05, 0.1) is 5.56 Å². The summed E-state index contributed by atoms with van der Waals surface area (Å²) in [4.78, 5) is 16.0. The lowest BCUT2D eigenvalue weighted by Crippen LogP contribution is -2.48. The standard InChI is InChI=1S/C19H18F4N2O/c20-17-7-2-1-4-15(17)13-24-8-10-25(11-9-24)18(26)14-5-3-6-16(12-14)19(21,22)23/h1-7,12H,8-11,13H2. The van der Waals surface area contributed by atoms with Crippen molar-refractivity contribution in [2.24, 2.45) is 0 Å². The highest BCUT2D eigenvalue weighted by Gasteiger charge is 2.31. The number of rotatable bonds is 3. The van der Waals surface area contributed by atoms with E-state index < -0.39 is 17.6 Å². The number of carbonyl (C=O) groups excluding carboxylic acids is 1. The maximum atomic E-state index is 13.7. The Labute approximate surface area is 148 Å². The van der Waals surface area contributed by atoms with Gasteiger partial charge in [-0.25, -0.2) is 4.39 Å². The molecule has 138 valence electrons. The number of halogens is 4. The zero-order valence-corrected chi connectivity index (χ0v) is 14.0. The van der Waals surface area contributed by atoms with Crippen LogP contribution in [0.25, 0.3) is 0 Å². The summed E-state index contributed by atoms with van der Waals surface area (Å²) in [5, 5.41) is 0. The van der Waals surface area contributed by atoms with E-state index >= 15 is 0 Å². The summed E-state index contributed by atoms with van der Waals surface area (Å²) in [6, 6.07) is 11.0. The minimum Gasteiger partial charge on any atom is -0.336 e. The molecular formula is C19H18F4N2O. The van der Waals surface area contributed by atoms with Crippen molar-refractivity contribution in [1.82, 2.24) is 9.80 Å². The maximum absolute atomic E-state index is 13.7. The summed E-state index contributed by atoms with van der Waals surface area (Å²) in [5.74, 6) is -0.684. The number of alkyl halides is 3. The van der Waals surface area contributed by atoms with Crippen LogP contribution in [-0.2, 0) is 12.7 Å². The summed E-state index contributed by atoms with van der Waals surface area (Å²) in [6.07, 6.45) is -4.48. The topological polar surface area (TPSA) is 23.6 Å². The number of carbonyl (C=O) groups is 1. The predicted molar refractivity (Wildman–Crippen MR) is 89.0 cm³/mol. The zero-order valence-electron chi connectivity index (χ0n) is 14.0. The number of nitrogens with zero attached hydrogens (tertiary/aromatic N) is 2. The molecule has 0 aromatic heterocycles. The van der Waals surface area contributed by atoms with Gasteiger partial charge in [0.2, 0.25) is 0 Å². The summed E-state index contributed by atoms with van der Waals surface area (Å²) in [7, 11) is 0. The van der Waals surface area contributed by atoms with Gasteiger partial charge in [-0.3, -0.25) is 9.69 Å². The van der Waals surface area contributed by atoms with Gasteiger partial charge in [-0.2, -0.15) is 13.2 Å². The highest BCUT2D eigenvalue weighted by atomic mass is 19.4. The van der Waals surface area contributed by atoms with Gasteiger partial charge in [0.1, 0.15) is 5.82 Å². The first kappa shape index (κ1) is 18.4. The Morgan fingerprint density at radius 3 is 2.31 bits per heavy atom. The van der Waals surface area contributed by atoms with E-state index in [1.165, 1.54) is 23.1 Å². The molecule has 0 N–H and O–H groups in total. The van der Waals surface area contributed by atoms with Gasteiger partial charge < -0.3 is 4.90 Å². The Bertz CT molecular complexity index is 783. The van der Waals surface area contributed by atoms with Crippen molar-refractivity contribution in [3.05, 3.63) is 71.0 Å². The van der Waals surface area contributed by atoms with Gasteiger partial charge >= 0.3 is 6.18 Å². The monoisotopic (exact) mass is 366 g/mol. The van der Waals surface area contributed by atoms with Crippen molar-refractivity contribution in [3.63, 3.8) is 0 Å². The number of hydrogen-bond acceptors (Lipinski definition) is 2. The van der Waals surface area contributed by atoms with E-state index in [9.17, 15) is 22.4 Å². The van der Waals surface area contributed by atoms with Crippen LogP contribution in [0.2, 0.25) is 0 Å². The Hall–Kier alpha value is -2.41. The molecule has 2 aromatic rings. The quantitative estimate of drug-likeness (QED) is 0.772. The molecule has 3 rings (SSSR count). The largest absolute Gasteiger partial charge is 0.416 e. The summed E-state index contributed by atoms with van der Waals surface area (Å²) in [6.45, 7) is 2.31. The van der Waals surface area contributed by atoms with Crippen molar-refractivity contribution in [2.75, 3.05) is 26.2 Å². The predicted octanol–water partition coefficient (Wildman–Crippen LogP) is 3.80. The van der Waals surface area contributed by atoms with E-state index in [2.05, 4.69) is 0 Å². The van der Waals surface area contributed by atoms with Crippen molar-refractivity contribution < 1.29 is 22.4 Å². The van der Waals surface area contributed by atoms with Crippen LogP contribution in [0.5, 0.6) is 0 Å². The van der Waals surface area contributed by atoms with Crippen LogP contribution in [-0.4, -0.2) is 41.9 Å². The molecule has 2 aromatic carbocycles. The molecule has 1 fully saturated rings. The molecule has 0 atom stereocenters. The lowest BCUT2D eigenvalue weighted by Gasteiger charge is -2.35. The average molecular weight is 366 g/mol. The SMILES string of the molecule is O=C(c1cccc(C(F)(F)F)c1)N1CCN(Cc2ccccc2F)CC1. The van der Waals surface area contributed by atoms with Crippen molar-refractivity contribution >= 4 is 5.91 Å². The molecule has 1 amide bonds. The Morgan fingerprint density at radius 1 is 0.962 bits per heavy atom. The molecule has 0 spiro atoms. The molecule has 0 unspecified atom stereocenters. The van der Waals surface area contributed by atoms with Gasteiger partial charge in [0, 0.05) is 43.9 Å². The Morgan fingerprint density at radius 2 is 1.65 bits per heavy atom. The third-order valence-electron chi connectivity index (χ3n) is 4.45. The summed E-state index contributed by atoms with van der Waals surface area (Å²) < 4.78 is 52.1. The second-order valence-corrected chi connectivity index (χ2v) is 6.24. The number of amides is 1.